The van der Waals surface area contributed by atoms with Gasteiger partial charge in [-0.1, -0.05) is 0 Å². The minimum absolute atomic E-state index is 0.0897. The highest BCUT2D eigenvalue weighted by Gasteiger charge is 2.06. The zero-order chi connectivity index (χ0) is 11.0. The molecule has 0 heterocycles. The highest BCUT2D eigenvalue weighted by atomic mass is 32.3. The molecule has 0 saturated heterocycles. The molecule has 0 saturated carbocycles. The van der Waals surface area contributed by atoms with Crippen molar-refractivity contribution >= 4 is 16.1 Å². The summed E-state index contributed by atoms with van der Waals surface area (Å²) in [5, 5.41) is 11.0. The molecule has 0 aromatic rings. The van der Waals surface area contributed by atoms with Gasteiger partial charge < -0.3 is 15.2 Å². The van der Waals surface area contributed by atoms with Gasteiger partial charge in [-0.2, -0.15) is 0 Å². The number of nitrogens with one attached hydrogen (secondary N) is 1. The Bertz CT molecular complexity index is 168. The van der Waals surface area contributed by atoms with Crippen LogP contribution in [0.5, 0.6) is 0 Å². The van der Waals surface area contributed by atoms with E-state index in [1.54, 1.807) is 0 Å². The van der Waals surface area contributed by atoms with Gasteiger partial charge in [0.25, 0.3) is 0 Å². The fourth-order valence-corrected chi connectivity index (χ4v) is 1.29. The zero-order valence-corrected chi connectivity index (χ0v) is 10.0. The van der Waals surface area contributed by atoms with E-state index in [-0.39, 0.29) is 12.7 Å². The minimum atomic E-state index is -0.590. The van der Waals surface area contributed by atoms with Crippen LogP contribution in [0, 0.1) is 0 Å². The van der Waals surface area contributed by atoms with Crippen LogP contribution in [0.15, 0.2) is 0 Å². The van der Waals surface area contributed by atoms with Crippen molar-refractivity contribution in [2.45, 2.75) is 6.42 Å². The van der Waals surface area contributed by atoms with Gasteiger partial charge in [0.05, 0.1) is 0 Å². The van der Waals surface area contributed by atoms with Crippen LogP contribution < -0.4 is 5.32 Å². The average Bonchev–Trinajstić information content (AvgIpc) is 2.02. The van der Waals surface area contributed by atoms with Crippen molar-refractivity contribution in [1.29, 1.82) is 0 Å². The predicted molar refractivity (Wildman–Crippen MR) is 61.3 cm³/mol. The van der Waals surface area contributed by atoms with Gasteiger partial charge in [0.15, 0.2) is 0 Å². The Labute approximate surface area is 87.3 Å². The first kappa shape index (κ1) is 13.6. The predicted octanol–water partition coefficient (Wildman–Crippen LogP) is 0.789. The Morgan fingerprint density at radius 2 is 2.07 bits per heavy atom. The summed E-state index contributed by atoms with van der Waals surface area (Å²) in [6.45, 7) is 1.04. The molecule has 4 nitrogen and oxygen atoms in total. The summed E-state index contributed by atoms with van der Waals surface area (Å²) in [4.78, 5) is 11.0. The topological polar surface area (TPSA) is 58.6 Å². The molecule has 1 amide bonds. The standard InChI is InChI=1S/C9H21NO3S/c1-14(2,3)8-7-13-9(12)10-5-4-6-11/h11H,4-8H2,1-3H3,(H,10,12). The fraction of sp³-hybridized carbons (Fsp3) is 0.889. The lowest BCUT2D eigenvalue weighted by Crippen LogP contribution is -2.27. The molecule has 0 rings (SSSR count). The second-order valence-electron chi connectivity index (χ2n) is 3.93. The Morgan fingerprint density at radius 1 is 1.43 bits per heavy atom. The molecule has 0 bridgehead atoms. The molecule has 0 unspecified atom stereocenters. The van der Waals surface area contributed by atoms with Gasteiger partial charge in [0.1, 0.15) is 6.61 Å². The molecular weight excluding hydrogens is 202 g/mol. The van der Waals surface area contributed by atoms with Gasteiger partial charge in [-0.25, -0.2) is 14.8 Å². The number of aliphatic hydroxyl groups excluding tert-OH is 1. The van der Waals surface area contributed by atoms with Gasteiger partial charge >= 0.3 is 6.09 Å². The molecule has 0 aromatic carbocycles. The van der Waals surface area contributed by atoms with Crippen molar-refractivity contribution in [3.05, 3.63) is 0 Å². The van der Waals surface area contributed by atoms with Gasteiger partial charge in [-0.05, 0) is 25.2 Å². The van der Waals surface area contributed by atoms with E-state index in [2.05, 4.69) is 24.1 Å². The van der Waals surface area contributed by atoms with Crippen LogP contribution in [0.25, 0.3) is 0 Å². The maximum Gasteiger partial charge on any atom is 0.407 e. The van der Waals surface area contributed by atoms with Crippen LogP contribution in [0.4, 0.5) is 4.79 Å². The fourth-order valence-electron chi connectivity index (χ4n) is 0.705. The molecule has 0 radical (unpaired) electrons. The zero-order valence-electron chi connectivity index (χ0n) is 9.21. The van der Waals surface area contributed by atoms with E-state index in [1.807, 2.05) is 0 Å². The maximum atomic E-state index is 11.0. The first-order chi connectivity index (χ1) is 6.45. The van der Waals surface area contributed by atoms with Crippen molar-refractivity contribution < 1.29 is 14.6 Å². The number of rotatable bonds is 6. The molecule has 0 fully saturated rings. The third-order valence-corrected chi connectivity index (χ3v) is 2.92. The third-order valence-electron chi connectivity index (χ3n) is 1.53. The van der Waals surface area contributed by atoms with Gasteiger partial charge in [0.2, 0.25) is 0 Å². The SMILES string of the molecule is CS(C)(C)CCOC(=O)NCCCO. The van der Waals surface area contributed by atoms with Gasteiger partial charge in [0, 0.05) is 18.9 Å². The van der Waals surface area contributed by atoms with Crippen molar-refractivity contribution in [3.63, 3.8) is 0 Å². The quantitative estimate of drug-likeness (QED) is 0.655. The number of carbonyl (C=O) groups is 1. The molecule has 0 aromatic heterocycles. The lowest BCUT2D eigenvalue weighted by Gasteiger charge is -2.24. The van der Waals surface area contributed by atoms with Crippen LogP contribution in [-0.2, 0) is 4.74 Å². The second-order valence-corrected chi connectivity index (χ2v) is 8.52. The maximum absolute atomic E-state index is 11.0. The minimum Gasteiger partial charge on any atom is -0.449 e. The number of hydrogen-bond donors (Lipinski definition) is 2. The summed E-state index contributed by atoms with van der Waals surface area (Å²) in [6.07, 6.45) is 6.72. The van der Waals surface area contributed by atoms with E-state index in [0.717, 1.165) is 5.75 Å². The van der Waals surface area contributed by atoms with E-state index < -0.39 is 10.0 Å². The highest BCUT2D eigenvalue weighted by Crippen LogP contribution is 2.33. The van der Waals surface area contributed by atoms with Gasteiger partial charge in [-0.3, -0.25) is 0 Å². The molecule has 5 heteroatoms. The normalized spacial score (nSPS) is 12.3. The van der Waals surface area contributed by atoms with E-state index in [4.69, 9.17) is 9.84 Å². The van der Waals surface area contributed by atoms with E-state index in [0.29, 0.717) is 19.6 Å². The number of hydrogen-bond acceptors (Lipinski definition) is 3. The Morgan fingerprint density at radius 3 is 2.57 bits per heavy atom. The summed E-state index contributed by atoms with van der Waals surface area (Å²) < 4.78 is 4.95. The average molecular weight is 223 g/mol. The molecule has 2 N–H and O–H groups in total. The molecule has 0 aliphatic rings. The molecule has 86 valence electrons. The van der Waals surface area contributed by atoms with Crippen molar-refractivity contribution in [3.8, 4) is 0 Å². The monoisotopic (exact) mass is 223 g/mol. The van der Waals surface area contributed by atoms with Gasteiger partial charge in [-0.15, -0.1) is 0 Å². The Balaban J connectivity index is 3.36. The molecule has 0 atom stereocenters. The summed E-state index contributed by atoms with van der Waals surface area (Å²) in [6, 6.07) is 0. The number of alkyl carbamates (subject to hydrolysis) is 1. The van der Waals surface area contributed by atoms with Crippen LogP contribution in [0.2, 0.25) is 0 Å². The number of aliphatic hydroxyl groups is 1. The first-order valence-corrected chi connectivity index (χ1v) is 7.66. The summed E-state index contributed by atoms with van der Waals surface area (Å²) in [5.74, 6) is 0.931. The molecule has 14 heavy (non-hydrogen) atoms. The number of carbonyl (C=O) groups excluding carboxylic acids is 1. The van der Waals surface area contributed by atoms with Crippen molar-refractivity contribution in [2.75, 3.05) is 44.3 Å². The van der Waals surface area contributed by atoms with Crippen molar-refractivity contribution in [2.24, 2.45) is 0 Å². The number of ether oxygens (including phenoxy) is 1. The summed E-state index contributed by atoms with van der Waals surface area (Å²) in [5.41, 5.74) is 0. The first-order valence-electron chi connectivity index (χ1n) is 4.63. The van der Waals surface area contributed by atoms with E-state index in [9.17, 15) is 4.79 Å². The van der Waals surface area contributed by atoms with Crippen LogP contribution in [0.3, 0.4) is 0 Å². The van der Waals surface area contributed by atoms with E-state index >= 15 is 0 Å². The summed E-state index contributed by atoms with van der Waals surface area (Å²) >= 11 is 0. The van der Waals surface area contributed by atoms with Crippen LogP contribution in [0.1, 0.15) is 6.42 Å². The highest BCUT2D eigenvalue weighted by molar-refractivity contribution is 8.32. The molecular formula is C9H21NO3S. The molecule has 0 spiro atoms. The molecule has 0 aliphatic carbocycles. The lowest BCUT2D eigenvalue weighted by molar-refractivity contribution is 0.152. The molecule has 0 aliphatic heterocycles. The van der Waals surface area contributed by atoms with E-state index in [1.165, 1.54) is 0 Å². The van der Waals surface area contributed by atoms with Crippen LogP contribution in [-0.4, -0.2) is 55.5 Å². The third kappa shape index (κ3) is 9.67. The second kappa shape index (κ2) is 6.95. The Hall–Kier alpha value is -0.420. The smallest absolute Gasteiger partial charge is 0.407 e. The number of amides is 1. The van der Waals surface area contributed by atoms with Crippen molar-refractivity contribution in [1.82, 2.24) is 5.32 Å². The Kier molecular flexibility index (Phi) is 6.74. The largest absolute Gasteiger partial charge is 0.449 e. The van der Waals surface area contributed by atoms with Crippen LogP contribution >= 0.6 is 10.0 Å². The summed E-state index contributed by atoms with van der Waals surface area (Å²) in [7, 11) is -0.590. The lowest BCUT2D eigenvalue weighted by atomic mass is 10.5.